The van der Waals surface area contributed by atoms with Gasteiger partial charge in [-0.3, -0.25) is 9.69 Å². The molecule has 1 amide bonds. The number of hydrogen-bond acceptors (Lipinski definition) is 5. The molecule has 1 unspecified atom stereocenters. The van der Waals surface area contributed by atoms with E-state index in [1.54, 1.807) is 13.0 Å². The van der Waals surface area contributed by atoms with Crippen LogP contribution in [0.15, 0.2) is 30.5 Å². The van der Waals surface area contributed by atoms with Gasteiger partial charge in [-0.05, 0) is 24.6 Å². The second kappa shape index (κ2) is 8.53. The van der Waals surface area contributed by atoms with Crippen LogP contribution in [0.3, 0.4) is 0 Å². The second-order valence-corrected chi connectivity index (χ2v) is 6.45. The molecule has 6 nitrogen and oxygen atoms in total. The van der Waals surface area contributed by atoms with Crippen molar-refractivity contribution in [2.24, 2.45) is 0 Å². The van der Waals surface area contributed by atoms with Crippen LogP contribution in [0.5, 0.6) is 0 Å². The number of benzene rings is 1. The predicted octanol–water partition coefficient (Wildman–Crippen LogP) is 2.38. The van der Waals surface area contributed by atoms with Crippen LogP contribution in [0.2, 0.25) is 5.02 Å². The highest BCUT2D eigenvalue weighted by Gasteiger charge is 2.24. The summed E-state index contributed by atoms with van der Waals surface area (Å²) in [6.07, 6.45) is 1.41. The third-order valence-electron chi connectivity index (χ3n) is 4.26. The fourth-order valence-electron chi connectivity index (χ4n) is 2.95. The van der Waals surface area contributed by atoms with Crippen LogP contribution >= 0.6 is 11.6 Å². The SMILES string of the molecule is Cc1ncc(Cl)c(C(=O)NCC(c2cccc(F)c2)N2CCOCC2)n1. The minimum absolute atomic E-state index is 0.138. The van der Waals surface area contributed by atoms with Crippen LogP contribution in [-0.4, -0.2) is 53.6 Å². The molecule has 0 aliphatic carbocycles. The van der Waals surface area contributed by atoms with Gasteiger partial charge in [-0.15, -0.1) is 0 Å². The van der Waals surface area contributed by atoms with Crippen molar-refractivity contribution in [2.45, 2.75) is 13.0 Å². The smallest absolute Gasteiger partial charge is 0.271 e. The summed E-state index contributed by atoms with van der Waals surface area (Å²) in [6, 6.07) is 6.26. The van der Waals surface area contributed by atoms with Crippen molar-refractivity contribution in [2.75, 3.05) is 32.8 Å². The van der Waals surface area contributed by atoms with Gasteiger partial charge in [0, 0.05) is 19.6 Å². The Bertz CT molecular complexity index is 784. The monoisotopic (exact) mass is 378 g/mol. The molecular formula is C18H20ClFN4O2. The largest absolute Gasteiger partial charge is 0.379 e. The summed E-state index contributed by atoms with van der Waals surface area (Å²) in [4.78, 5) is 22.7. The Morgan fingerprint density at radius 2 is 2.19 bits per heavy atom. The number of nitrogens with zero attached hydrogens (tertiary/aromatic N) is 3. The maximum Gasteiger partial charge on any atom is 0.271 e. The van der Waals surface area contributed by atoms with Gasteiger partial charge in [0.2, 0.25) is 0 Å². The highest BCUT2D eigenvalue weighted by molar-refractivity contribution is 6.33. The lowest BCUT2D eigenvalue weighted by molar-refractivity contribution is 0.0161. The topological polar surface area (TPSA) is 67.4 Å². The number of hydrogen-bond donors (Lipinski definition) is 1. The summed E-state index contributed by atoms with van der Waals surface area (Å²) in [5, 5.41) is 3.06. The molecule has 1 aromatic carbocycles. The fourth-order valence-corrected chi connectivity index (χ4v) is 3.13. The summed E-state index contributed by atoms with van der Waals surface area (Å²) in [7, 11) is 0. The minimum Gasteiger partial charge on any atom is -0.379 e. The number of amides is 1. The van der Waals surface area contributed by atoms with E-state index in [9.17, 15) is 9.18 Å². The molecule has 1 N–H and O–H groups in total. The number of nitrogens with one attached hydrogen (secondary N) is 1. The van der Waals surface area contributed by atoms with E-state index in [0.717, 1.165) is 5.56 Å². The lowest BCUT2D eigenvalue weighted by atomic mass is 10.0. The van der Waals surface area contributed by atoms with Crippen molar-refractivity contribution >= 4 is 17.5 Å². The molecule has 0 bridgehead atoms. The van der Waals surface area contributed by atoms with Gasteiger partial charge in [-0.2, -0.15) is 0 Å². The summed E-state index contributed by atoms with van der Waals surface area (Å²) in [6.45, 7) is 4.64. The van der Waals surface area contributed by atoms with Crippen LogP contribution in [0.4, 0.5) is 4.39 Å². The van der Waals surface area contributed by atoms with Gasteiger partial charge in [-0.1, -0.05) is 23.7 Å². The lowest BCUT2D eigenvalue weighted by Crippen LogP contribution is -2.44. The molecule has 1 atom stereocenters. The van der Waals surface area contributed by atoms with Crippen molar-refractivity contribution in [3.63, 3.8) is 0 Å². The number of rotatable bonds is 5. The Morgan fingerprint density at radius 3 is 2.92 bits per heavy atom. The number of ether oxygens (including phenoxy) is 1. The molecular weight excluding hydrogens is 359 g/mol. The van der Waals surface area contributed by atoms with E-state index in [2.05, 4.69) is 20.2 Å². The number of halogens is 2. The first-order chi connectivity index (χ1) is 12.5. The first-order valence-electron chi connectivity index (χ1n) is 8.39. The number of carbonyl (C=O) groups is 1. The van der Waals surface area contributed by atoms with Gasteiger partial charge >= 0.3 is 0 Å². The summed E-state index contributed by atoms with van der Waals surface area (Å²) >= 11 is 6.03. The zero-order chi connectivity index (χ0) is 18.5. The first-order valence-corrected chi connectivity index (χ1v) is 8.77. The molecule has 138 valence electrons. The fraction of sp³-hybridized carbons (Fsp3) is 0.389. The standard InChI is InChI=1S/C18H20ClFN4O2/c1-12-21-10-15(19)17(23-12)18(25)22-11-16(24-5-7-26-8-6-24)13-3-2-4-14(20)9-13/h2-4,9-10,16H,5-8,11H2,1H3,(H,22,25). The van der Waals surface area contributed by atoms with Crippen molar-refractivity contribution in [3.8, 4) is 0 Å². The van der Waals surface area contributed by atoms with Crippen LogP contribution in [0.25, 0.3) is 0 Å². The van der Waals surface area contributed by atoms with E-state index >= 15 is 0 Å². The maximum absolute atomic E-state index is 13.7. The average Bonchev–Trinajstić information content (AvgIpc) is 2.65. The van der Waals surface area contributed by atoms with Gasteiger partial charge in [0.05, 0.1) is 30.5 Å². The highest BCUT2D eigenvalue weighted by Crippen LogP contribution is 2.22. The third kappa shape index (κ3) is 4.55. The normalized spacial score (nSPS) is 16.3. The predicted molar refractivity (Wildman–Crippen MR) is 95.6 cm³/mol. The van der Waals surface area contributed by atoms with Gasteiger partial charge in [0.15, 0.2) is 0 Å². The van der Waals surface area contributed by atoms with Crippen molar-refractivity contribution in [1.82, 2.24) is 20.2 Å². The Morgan fingerprint density at radius 1 is 1.42 bits per heavy atom. The Labute approximate surface area is 156 Å². The third-order valence-corrected chi connectivity index (χ3v) is 4.53. The lowest BCUT2D eigenvalue weighted by Gasteiger charge is -2.35. The average molecular weight is 379 g/mol. The molecule has 1 fully saturated rings. The Kier molecular flexibility index (Phi) is 6.13. The summed E-state index contributed by atoms with van der Waals surface area (Å²) in [5.74, 6) is -0.217. The molecule has 26 heavy (non-hydrogen) atoms. The van der Waals surface area contributed by atoms with E-state index in [1.807, 2.05) is 6.07 Å². The van der Waals surface area contributed by atoms with Gasteiger partial charge in [0.1, 0.15) is 17.3 Å². The molecule has 2 heterocycles. The van der Waals surface area contributed by atoms with Gasteiger partial charge in [0.25, 0.3) is 5.91 Å². The van der Waals surface area contributed by atoms with Crippen LogP contribution < -0.4 is 5.32 Å². The minimum atomic E-state index is -0.379. The van der Waals surface area contributed by atoms with Crippen molar-refractivity contribution in [1.29, 1.82) is 0 Å². The number of morpholine rings is 1. The quantitative estimate of drug-likeness (QED) is 0.865. The van der Waals surface area contributed by atoms with Crippen LogP contribution in [0, 0.1) is 12.7 Å². The molecule has 3 rings (SSSR count). The van der Waals surface area contributed by atoms with Crippen molar-refractivity contribution in [3.05, 3.63) is 58.4 Å². The van der Waals surface area contributed by atoms with Crippen LogP contribution in [-0.2, 0) is 4.74 Å². The number of carbonyl (C=O) groups excluding carboxylic acids is 1. The van der Waals surface area contributed by atoms with E-state index < -0.39 is 0 Å². The number of aryl methyl sites for hydroxylation is 1. The van der Waals surface area contributed by atoms with E-state index in [1.165, 1.54) is 18.3 Å². The van der Waals surface area contributed by atoms with E-state index in [0.29, 0.717) is 38.7 Å². The summed E-state index contributed by atoms with van der Waals surface area (Å²) in [5.41, 5.74) is 0.941. The van der Waals surface area contributed by atoms with Gasteiger partial charge in [-0.25, -0.2) is 14.4 Å². The van der Waals surface area contributed by atoms with E-state index in [-0.39, 0.29) is 28.5 Å². The number of aromatic nitrogens is 2. The molecule has 2 aromatic rings. The molecule has 0 spiro atoms. The molecule has 0 saturated carbocycles. The molecule has 8 heteroatoms. The molecule has 1 aromatic heterocycles. The first kappa shape index (κ1) is 18.7. The van der Waals surface area contributed by atoms with Gasteiger partial charge < -0.3 is 10.1 Å². The van der Waals surface area contributed by atoms with Crippen LogP contribution in [0.1, 0.15) is 27.9 Å². The summed E-state index contributed by atoms with van der Waals surface area (Å²) < 4.78 is 19.1. The van der Waals surface area contributed by atoms with Crippen molar-refractivity contribution < 1.29 is 13.9 Å². The Hall–Kier alpha value is -2.09. The molecule has 0 radical (unpaired) electrons. The molecule has 1 saturated heterocycles. The maximum atomic E-state index is 13.7. The molecule has 1 aliphatic heterocycles. The second-order valence-electron chi connectivity index (χ2n) is 6.04. The zero-order valence-corrected chi connectivity index (χ0v) is 15.2. The molecule has 1 aliphatic rings. The Balaban J connectivity index is 1.77. The zero-order valence-electron chi connectivity index (χ0n) is 14.4. The van der Waals surface area contributed by atoms with E-state index in [4.69, 9.17) is 16.3 Å². The highest BCUT2D eigenvalue weighted by atomic mass is 35.5.